The van der Waals surface area contributed by atoms with Gasteiger partial charge in [0.15, 0.2) is 0 Å². The first-order chi connectivity index (χ1) is 17.9. The van der Waals surface area contributed by atoms with Crippen LogP contribution in [0, 0.1) is 13.8 Å². The molecule has 0 spiro atoms. The molecule has 9 heteroatoms. The Bertz CT molecular complexity index is 1380. The highest BCUT2D eigenvalue weighted by molar-refractivity contribution is 7.92. The van der Waals surface area contributed by atoms with Crippen molar-refractivity contribution in [1.82, 2.24) is 10.2 Å². The van der Waals surface area contributed by atoms with Gasteiger partial charge in [-0.05, 0) is 76.1 Å². The highest BCUT2D eigenvalue weighted by Gasteiger charge is 2.33. The lowest BCUT2D eigenvalue weighted by molar-refractivity contribution is -0.139. The molecule has 1 atom stereocenters. The van der Waals surface area contributed by atoms with Crippen molar-refractivity contribution >= 4 is 39.1 Å². The number of hydrogen-bond acceptors (Lipinski definition) is 4. The van der Waals surface area contributed by atoms with Gasteiger partial charge in [-0.15, -0.1) is 0 Å². The van der Waals surface area contributed by atoms with Crippen LogP contribution in [-0.4, -0.2) is 43.8 Å². The summed E-state index contributed by atoms with van der Waals surface area (Å²) < 4.78 is 28.9. The van der Waals surface area contributed by atoms with Crippen LogP contribution in [-0.2, 0) is 26.2 Å². The number of nitrogens with one attached hydrogen (secondary N) is 1. The Morgan fingerprint density at radius 2 is 1.55 bits per heavy atom. The molecule has 0 bridgehead atoms. The predicted octanol–water partition coefficient (Wildman–Crippen LogP) is 5.09. The number of aryl methyl sites for hydroxylation is 2. The zero-order valence-electron chi connectivity index (χ0n) is 22.3. The van der Waals surface area contributed by atoms with E-state index in [1.807, 2.05) is 51.1 Å². The molecule has 0 aliphatic carbocycles. The molecule has 202 valence electrons. The summed E-state index contributed by atoms with van der Waals surface area (Å²) in [6.45, 7) is 8.58. The molecular formula is C29H34ClN3O4S. The quantitative estimate of drug-likeness (QED) is 0.377. The molecule has 0 aliphatic heterocycles. The molecule has 0 radical (unpaired) electrons. The molecule has 0 fully saturated rings. The highest BCUT2D eigenvalue weighted by Crippen LogP contribution is 2.29. The average molecular weight is 556 g/mol. The average Bonchev–Trinajstić information content (AvgIpc) is 2.86. The number of hydrogen-bond donors (Lipinski definition) is 1. The fraction of sp³-hybridized carbons (Fsp3) is 0.310. The molecule has 3 rings (SSSR count). The van der Waals surface area contributed by atoms with Crippen LogP contribution < -0.4 is 9.62 Å². The van der Waals surface area contributed by atoms with Gasteiger partial charge in [0.05, 0.1) is 10.6 Å². The Morgan fingerprint density at radius 1 is 0.921 bits per heavy atom. The van der Waals surface area contributed by atoms with Crippen LogP contribution in [0.4, 0.5) is 5.69 Å². The predicted molar refractivity (Wildman–Crippen MR) is 152 cm³/mol. The van der Waals surface area contributed by atoms with Crippen LogP contribution >= 0.6 is 11.6 Å². The summed E-state index contributed by atoms with van der Waals surface area (Å²) in [5, 5.41) is 3.30. The van der Waals surface area contributed by atoms with Gasteiger partial charge in [-0.25, -0.2) is 8.42 Å². The number of carbonyl (C=O) groups is 2. The number of halogens is 1. The maximum absolute atomic E-state index is 13.9. The minimum absolute atomic E-state index is 0.0606. The van der Waals surface area contributed by atoms with Gasteiger partial charge in [0.25, 0.3) is 10.0 Å². The second-order valence-corrected chi connectivity index (χ2v) is 11.9. The fourth-order valence-corrected chi connectivity index (χ4v) is 5.72. The molecule has 0 saturated carbocycles. The second kappa shape index (κ2) is 12.5. The molecule has 7 nitrogen and oxygen atoms in total. The smallest absolute Gasteiger partial charge is 0.264 e. The van der Waals surface area contributed by atoms with Gasteiger partial charge >= 0.3 is 0 Å². The summed E-state index contributed by atoms with van der Waals surface area (Å²) in [6, 6.07) is 19.6. The first-order valence-corrected chi connectivity index (χ1v) is 14.2. The van der Waals surface area contributed by atoms with Gasteiger partial charge in [-0.2, -0.15) is 0 Å². The standard InChI is InChI=1S/C29H34ClN3O4S/c1-20(2)31-29(35)23(5)32(18-24-9-7-6-8-10-24)28(34)19-33(27-16-13-25(30)17-22(27)4)38(36,37)26-14-11-21(3)12-15-26/h6-17,20,23H,18-19H2,1-5H3,(H,31,35)/t23-/m0/s1. The van der Waals surface area contributed by atoms with E-state index < -0.39 is 28.5 Å². The first-order valence-electron chi connectivity index (χ1n) is 12.4. The summed E-state index contributed by atoms with van der Waals surface area (Å²) in [6.07, 6.45) is 0. The summed E-state index contributed by atoms with van der Waals surface area (Å²) >= 11 is 6.15. The summed E-state index contributed by atoms with van der Waals surface area (Å²) in [4.78, 5) is 28.3. The van der Waals surface area contributed by atoms with Crippen LogP contribution in [0.2, 0.25) is 5.02 Å². The van der Waals surface area contributed by atoms with Crippen molar-refractivity contribution in [1.29, 1.82) is 0 Å². The minimum atomic E-state index is -4.13. The molecule has 0 heterocycles. The third-order valence-corrected chi connectivity index (χ3v) is 8.12. The van der Waals surface area contributed by atoms with E-state index in [1.165, 1.54) is 17.0 Å². The normalized spacial score (nSPS) is 12.2. The Morgan fingerprint density at radius 3 is 2.13 bits per heavy atom. The van der Waals surface area contributed by atoms with Gasteiger partial charge in [0.2, 0.25) is 11.8 Å². The van der Waals surface area contributed by atoms with Crippen molar-refractivity contribution in [2.24, 2.45) is 0 Å². The number of amides is 2. The zero-order valence-corrected chi connectivity index (χ0v) is 23.9. The molecule has 0 saturated heterocycles. The second-order valence-electron chi connectivity index (χ2n) is 9.60. The van der Waals surface area contributed by atoms with Gasteiger partial charge in [0, 0.05) is 17.6 Å². The van der Waals surface area contributed by atoms with E-state index >= 15 is 0 Å². The van der Waals surface area contributed by atoms with Gasteiger partial charge in [0.1, 0.15) is 12.6 Å². The van der Waals surface area contributed by atoms with Crippen LogP contribution in [0.5, 0.6) is 0 Å². The number of sulfonamides is 1. The summed E-state index contributed by atoms with van der Waals surface area (Å²) in [7, 11) is -4.13. The molecule has 0 aliphatic rings. The van der Waals surface area contributed by atoms with Crippen molar-refractivity contribution in [2.75, 3.05) is 10.8 Å². The Balaban J connectivity index is 2.05. The fourth-order valence-electron chi connectivity index (χ4n) is 4.02. The molecule has 3 aromatic carbocycles. The molecule has 0 aromatic heterocycles. The van der Waals surface area contributed by atoms with Crippen molar-refractivity contribution in [3.63, 3.8) is 0 Å². The van der Waals surface area contributed by atoms with E-state index in [0.717, 1.165) is 15.4 Å². The Hall–Kier alpha value is -3.36. The van der Waals surface area contributed by atoms with Crippen LogP contribution in [0.15, 0.2) is 77.7 Å². The minimum Gasteiger partial charge on any atom is -0.352 e. The third kappa shape index (κ3) is 7.14. The third-order valence-electron chi connectivity index (χ3n) is 6.11. The van der Waals surface area contributed by atoms with E-state index in [1.54, 1.807) is 44.2 Å². The molecule has 38 heavy (non-hydrogen) atoms. The van der Waals surface area contributed by atoms with E-state index in [4.69, 9.17) is 11.6 Å². The van der Waals surface area contributed by atoms with Crippen molar-refractivity contribution < 1.29 is 18.0 Å². The lowest BCUT2D eigenvalue weighted by Gasteiger charge is -2.32. The van der Waals surface area contributed by atoms with Gasteiger partial charge in [-0.1, -0.05) is 59.6 Å². The topological polar surface area (TPSA) is 86.8 Å². The highest BCUT2D eigenvalue weighted by atomic mass is 35.5. The lowest BCUT2D eigenvalue weighted by atomic mass is 10.1. The van der Waals surface area contributed by atoms with E-state index in [9.17, 15) is 18.0 Å². The molecule has 2 amide bonds. The Labute approximate surface area is 230 Å². The van der Waals surface area contributed by atoms with Crippen LogP contribution in [0.3, 0.4) is 0 Å². The SMILES string of the molecule is Cc1ccc(S(=O)(=O)N(CC(=O)N(Cc2ccccc2)[C@@H](C)C(=O)NC(C)C)c2ccc(Cl)cc2C)cc1. The van der Waals surface area contributed by atoms with Gasteiger partial charge in [-0.3, -0.25) is 13.9 Å². The van der Waals surface area contributed by atoms with Crippen molar-refractivity contribution in [2.45, 2.75) is 58.1 Å². The largest absolute Gasteiger partial charge is 0.352 e. The first kappa shape index (κ1) is 29.2. The van der Waals surface area contributed by atoms with Crippen molar-refractivity contribution in [3.05, 3.63) is 94.5 Å². The number of carbonyl (C=O) groups excluding carboxylic acids is 2. The van der Waals surface area contributed by atoms with E-state index in [2.05, 4.69) is 5.32 Å². The number of anilines is 1. The summed E-state index contributed by atoms with van der Waals surface area (Å²) in [5.74, 6) is -0.829. The van der Waals surface area contributed by atoms with Gasteiger partial charge < -0.3 is 10.2 Å². The monoisotopic (exact) mass is 555 g/mol. The van der Waals surface area contributed by atoms with Crippen LogP contribution in [0.1, 0.15) is 37.5 Å². The molecule has 1 N–H and O–H groups in total. The molecule has 3 aromatic rings. The Kier molecular flexibility index (Phi) is 9.57. The zero-order chi connectivity index (χ0) is 28.0. The molecular weight excluding hydrogens is 522 g/mol. The van der Waals surface area contributed by atoms with E-state index in [0.29, 0.717) is 16.3 Å². The lowest BCUT2D eigenvalue weighted by Crippen LogP contribution is -2.52. The molecule has 0 unspecified atom stereocenters. The van der Waals surface area contributed by atoms with Crippen molar-refractivity contribution in [3.8, 4) is 0 Å². The maximum atomic E-state index is 13.9. The number of rotatable bonds is 10. The van der Waals surface area contributed by atoms with E-state index in [-0.39, 0.29) is 23.4 Å². The number of nitrogens with zero attached hydrogens (tertiary/aromatic N) is 2. The van der Waals surface area contributed by atoms with Crippen LogP contribution in [0.25, 0.3) is 0 Å². The summed E-state index contributed by atoms with van der Waals surface area (Å²) in [5.41, 5.74) is 2.66. The number of benzene rings is 3. The maximum Gasteiger partial charge on any atom is 0.264 e.